The standard InChI is InChI=1S/C28H43N7O12.4C2HF3O2/c36-21(30-20(28(46)47)3-1-2-6-35-23(38)4-5-24(35)39)15-29-22(37)16-31-7-9-32(17-25(40)41)11-13-34(19-27(44)45)14-12-33(10-8-31)18-26(42)43;4*3-2(4,5)1(6)7/h4-5,20H,1-3,6-19H2,(H,29,37)(H,30,36)(H,40,41)(H,42,43)(H,44,45)(H,46,47);4*(H,6,7)/t20-;;;;/m0..../s1. The molecule has 1 atom stereocenters. The molecule has 39 heteroatoms. The van der Waals surface area contributed by atoms with Crippen molar-refractivity contribution in [2.75, 3.05) is 91.6 Å². The van der Waals surface area contributed by atoms with E-state index in [0.717, 1.165) is 17.1 Å². The zero-order chi connectivity index (χ0) is 59.2. The molecule has 0 unspecified atom stereocenters. The summed E-state index contributed by atoms with van der Waals surface area (Å²) >= 11 is 0. The van der Waals surface area contributed by atoms with Crippen molar-refractivity contribution in [3.63, 3.8) is 0 Å². The molecule has 0 bridgehead atoms. The van der Waals surface area contributed by atoms with E-state index in [0.29, 0.717) is 12.8 Å². The van der Waals surface area contributed by atoms with Crippen LogP contribution in [0.5, 0.6) is 0 Å². The summed E-state index contributed by atoms with van der Waals surface area (Å²) in [7, 11) is 0. The van der Waals surface area contributed by atoms with Gasteiger partial charge in [0.05, 0.1) is 32.7 Å². The number of carbonyl (C=O) groups is 12. The SMILES string of the molecule is O=C(O)C(F)(F)F.O=C(O)C(F)(F)F.O=C(O)C(F)(F)F.O=C(O)C(F)(F)F.O=C(O)CN1CCN(CC(=O)O)CCN(CC(=O)NCC(=O)N[C@@H](CCCCN2C(=O)C=CC2=O)C(=O)O)CCN(CC(=O)O)CC1. The summed E-state index contributed by atoms with van der Waals surface area (Å²) in [5.74, 6) is -17.8. The van der Waals surface area contributed by atoms with E-state index in [1.165, 1.54) is 0 Å². The van der Waals surface area contributed by atoms with Crippen molar-refractivity contribution in [2.24, 2.45) is 0 Å². The number of aliphatic carboxylic acids is 8. The van der Waals surface area contributed by atoms with E-state index in [2.05, 4.69) is 10.6 Å². The van der Waals surface area contributed by atoms with Gasteiger partial charge in [0.1, 0.15) is 6.04 Å². The van der Waals surface area contributed by atoms with Crippen molar-refractivity contribution < 1.29 is 151 Å². The van der Waals surface area contributed by atoms with Crippen LogP contribution in [-0.2, 0) is 57.5 Å². The lowest BCUT2D eigenvalue weighted by Crippen LogP contribution is -2.50. The molecule has 1 fully saturated rings. The zero-order valence-electron chi connectivity index (χ0n) is 38.0. The fourth-order valence-electron chi connectivity index (χ4n) is 5.00. The number of alkyl halides is 12. The molecule has 2 rings (SSSR count). The van der Waals surface area contributed by atoms with E-state index in [1.54, 1.807) is 19.6 Å². The van der Waals surface area contributed by atoms with Crippen molar-refractivity contribution in [2.45, 2.75) is 50.0 Å². The highest BCUT2D eigenvalue weighted by molar-refractivity contribution is 6.12. The Labute approximate surface area is 411 Å². The summed E-state index contributed by atoms with van der Waals surface area (Å²) in [4.78, 5) is 137. The quantitative estimate of drug-likeness (QED) is 0.0463. The molecule has 0 aromatic carbocycles. The molecule has 0 aromatic rings. The summed E-state index contributed by atoms with van der Waals surface area (Å²) in [5.41, 5.74) is 0. The number of hydrogen-bond acceptors (Lipinski definition) is 16. The van der Waals surface area contributed by atoms with Crippen LogP contribution in [0.15, 0.2) is 12.2 Å². The van der Waals surface area contributed by atoms with Crippen molar-refractivity contribution in [3.8, 4) is 0 Å². The minimum absolute atomic E-state index is 0.0280. The fourth-order valence-corrected chi connectivity index (χ4v) is 5.00. The number of carboxylic acids is 8. The van der Waals surface area contributed by atoms with Crippen LogP contribution in [0.25, 0.3) is 0 Å². The number of nitrogens with one attached hydrogen (secondary N) is 2. The molecule has 0 aromatic heterocycles. The Kier molecular flexibility index (Phi) is 32.7. The van der Waals surface area contributed by atoms with Gasteiger partial charge in [-0.1, -0.05) is 0 Å². The minimum Gasteiger partial charge on any atom is -0.480 e. The minimum atomic E-state index is -5.08. The van der Waals surface area contributed by atoms with E-state index in [9.17, 15) is 111 Å². The van der Waals surface area contributed by atoms with E-state index < -0.39 is 109 Å². The molecule has 2 heterocycles. The Morgan fingerprint density at radius 2 is 0.720 bits per heavy atom. The molecular weight excluding hydrogens is 1080 g/mol. The Morgan fingerprint density at radius 1 is 0.453 bits per heavy atom. The smallest absolute Gasteiger partial charge is 0.480 e. The lowest BCUT2D eigenvalue weighted by atomic mass is 10.1. The van der Waals surface area contributed by atoms with Gasteiger partial charge in [0.25, 0.3) is 11.8 Å². The van der Waals surface area contributed by atoms with Crippen LogP contribution in [-0.4, -0.2) is 259 Å². The molecule has 1 saturated heterocycles. The van der Waals surface area contributed by atoms with Gasteiger partial charge in [-0.15, -0.1) is 0 Å². The van der Waals surface area contributed by atoms with Crippen molar-refractivity contribution in [1.82, 2.24) is 35.1 Å². The first-order chi connectivity index (χ1) is 34.0. The molecule has 430 valence electrons. The van der Waals surface area contributed by atoms with Crippen LogP contribution in [0.1, 0.15) is 19.3 Å². The number of rotatable bonds is 17. The molecule has 75 heavy (non-hydrogen) atoms. The number of carbonyl (C=O) groups excluding carboxylic acids is 4. The van der Waals surface area contributed by atoms with Gasteiger partial charge in [0, 0.05) is 71.1 Å². The Bertz CT molecular complexity index is 1860. The van der Waals surface area contributed by atoms with Gasteiger partial charge in [-0.2, -0.15) is 52.7 Å². The molecule has 0 saturated carbocycles. The largest absolute Gasteiger partial charge is 0.490 e. The molecule has 4 amide bonds. The molecular formula is C36H47F12N7O20. The van der Waals surface area contributed by atoms with Gasteiger partial charge < -0.3 is 51.5 Å². The predicted octanol–water partition coefficient (Wildman–Crippen LogP) is -1.22. The van der Waals surface area contributed by atoms with Crippen molar-refractivity contribution in [1.29, 1.82) is 0 Å². The molecule has 0 radical (unpaired) electrons. The fraction of sp³-hybridized carbons (Fsp3) is 0.611. The number of nitrogens with zero attached hydrogens (tertiary/aromatic N) is 5. The third kappa shape index (κ3) is 37.9. The molecule has 2 aliphatic heterocycles. The van der Waals surface area contributed by atoms with Crippen LogP contribution in [0, 0.1) is 0 Å². The number of amides is 4. The van der Waals surface area contributed by atoms with E-state index in [4.69, 9.17) is 39.6 Å². The molecule has 0 aliphatic carbocycles. The molecule has 10 N–H and O–H groups in total. The monoisotopic (exact) mass is 1130 g/mol. The second kappa shape index (κ2) is 34.1. The maximum atomic E-state index is 12.8. The normalized spacial score (nSPS) is 15.7. The summed E-state index contributed by atoms with van der Waals surface area (Å²) < 4.78 is 127. The van der Waals surface area contributed by atoms with Crippen LogP contribution < -0.4 is 10.6 Å². The highest BCUT2D eigenvalue weighted by Crippen LogP contribution is 2.15. The topological polar surface area (TPSA) is 407 Å². The van der Waals surface area contributed by atoms with Crippen LogP contribution >= 0.6 is 0 Å². The summed E-state index contributed by atoms with van der Waals surface area (Å²) in [6, 6.07) is -1.26. The number of imide groups is 1. The van der Waals surface area contributed by atoms with Crippen molar-refractivity contribution in [3.05, 3.63) is 12.2 Å². The second-order valence-electron chi connectivity index (χ2n) is 14.4. The lowest BCUT2D eigenvalue weighted by Gasteiger charge is -2.32. The zero-order valence-corrected chi connectivity index (χ0v) is 38.0. The molecule has 0 spiro atoms. The summed E-state index contributed by atoms with van der Waals surface area (Å²) in [6.07, 6.45) is -17.4. The first-order valence-corrected chi connectivity index (χ1v) is 20.1. The van der Waals surface area contributed by atoms with E-state index in [1.807, 2.05) is 0 Å². The second-order valence-corrected chi connectivity index (χ2v) is 14.4. The van der Waals surface area contributed by atoms with Gasteiger partial charge in [0.2, 0.25) is 11.8 Å². The molecule has 2 aliphatic rings. The molecule has 27 nitrogen and oxygen atoms in total. The number of unbranched alkanes of at least 4 members (excludes halogenated alkanes) is 1. The van der Waals surface area contributed by atoms with E-state index in [-0.39, 0.29) is 91.5 Å². The average molecular weight is 1130 g/mol. The third-order valence-corrected chi connectivity index (χ3v) is 8.45. The maximum Gasteiger partial charge on any atom is 0.490 e. The van der Waals surface area contributed by atoms with Gasteiger partial charge in [-0.25, -0.2) is 24.0 Å². The number of halogens is 12. The number of carboxylic acid groups (broad SMARTS) is 8. The van der Waals surface area contributed by atoms with Crippen LogP contribution in [0.3, 0.4) is 0 Å². The van der Waals surface area contributed by atoms with Crippen molar-refractivity contribution >= 4 is 71.4 Å². The highest BCUT2D eigenvalue weighted by atomic mass is 19.4. The Hall–Kier alpha value is -7.42. The first-order valence-electron chi connectivity index (χ1n) is 20.1. The number of hydrogen-bond donors (Lipinski definition) is 10. The third-order valence-electron chi connectivity index (χ3n) is 8.45. The van der Waals surface area contributed by atoms with Crippen LogP contribution in [0.2, 0.25) is 0 Å². The summed E-state index contributed by atoms with van der Waals surface area (Å²) in [5, 5.41) is 70.7. The van der Waals surface area contributed by atoms with Gasteiger partial charge in [-0.05, 0) is 19.3 Å². The van der Waals surface area contributed by atoms with Crippen LogP contribution in [0.4, 0.5) is 52.7 Å². The first kappa shape index (κ1) is 71.8. The van der Waals surface area contributed by atoms with E-state index >= 15 is 0 Å². The van der Waals surface area contributed by atoms with Gasteiger partial charge in [-0.3, -0.25) is 58.1 Å². The lowest BCUT2D eigenvalue weighted by molar-refractivity contribution is -0.193. The highest BCUT2D eigenvalue weighted by Gasteiger charge is 2.40. The Morgan fingerprint density at radius 3 is 0.960 bits per heavy atom. The summed E-state index contributed by atoms with van der Waals surface area (Å²) in [6.45, 7) is 0.157. The maximum absolute atomic E-state index is 12.8. The predicted molar refractivity (Wildman–Crippen MR) is 216 cm³/mol. The van der Waals surface area contributed by atoms with Gasteiger partial charge in [0.15, 0.2) is 0 Å². The van der Waals surface area contributed by atoms with Gasteiger partial charge >= 0.3 is 72.5 Å². The average Bonchev–Trinajstić information content (AvgIpc) is 3.56. The Balaban J connectivity index is -0.00000149.